The molecule has 0 saturated carbocycles. The van der Waals surface area contributed by atoms with Crippen molar-refractivity contribution in [3.8, 4) is 11.5 Å². The van der Waals surface area contributed by atoms with E-state index in [0.29, 0.717) is 16.9 Å². The third-order valence-electron chi connectivity index (χ3n) is 5.31. The van der Waals surface area contributed by atoms with Gasteiger partial charge >= 0.3 is 0 Å². The minimum absolute atomic E-state index is 0.0685. The van der Waals surface area contributed by atoms with Crippen molar-refractivity contribution in [2.45, 2.75) is 0 Å². The Morgan fingerprint density at radius 2 is 1.31 bits per heavy atom. The van der Waals surface area contributed by atoms with Crippen molar-refractivity contribution in [3.63, 3.8) is 0 Å². The molecule has 4 aromatic rings. The topological polar surface area (TPSA) is 118 Å². The first-order valence-electron chi connectivity index (χ1n) is 10.7. The highest BCUT2D eigenvalue weighted by molar-refractivity contribution is 6.13. The number of ketones is 1. The number of aromatic hydroxyl groups is 1. The summed E-state index contributed by atoms with van der Waals surface area (Å²) < 4.78 is 19.4. The largest absolute Gasteiger partial charge is 0.507 e. The van der Waals surface area contributed by atoms with Crippen LogP contribution in [0.25, 0.3) is 0 Å². The van der Waals surface area contributed by atoms with Gasteiger partial charge in [-0.15, -0.1) is 0 Å². The number of anilines is 2. The smallest absolute Gasteiger partial charge is 0.255 e. The third-order valence-corrected chi connectivity index (χ3v) is 5.31. The van der Waals surface area contributed by atoms with Crippen LogP contribution in [0.2, 0.25) is 0 Å². The van der Waals surface area contributed by atoms with Crippen LogP contribution >= 0.6 is 0 Å². The summed E-state index contributed by atoms with van der Waals surface area (Å²) >= 11 is 0. The number of carbonyl (C=O) groups excluding carboxylic acids is 3. The second kappa shape index (κ2) is 10.5. The van der Waals surface area contributed by atoms with Crippen LogP contribution in [0.5, 0.6) is 11.5 Å². The molecule has 0 unspecified atom stereocenters. The summed E-state index contributed by atoms with van der Waals surface area (Å²) in [5, 5.41) is 15.5. The first-order chi connectivity index (χ1) is 17.4. The van der Waals surface area contributed by atoms with E-state index in [0.717, 1.165) is 0 Å². The van der Waals surface area contributed by atoms with Gasteiger partial charge in [-0.2, -0.15) is 0 Å². The molecule has 0 spiro atoms. The molecule has 9 heteroatoms. The van der Waals surface area contributed by atoms with Gasteiger partial charge in [0.25, 0.3) is 11.8 Å². The number of aromatic nitrogens is 1. The maximum Gasteiger partial charge on any atom is 0.255 e. The van der Waals surface area contributed by atoms with E-state index >= 15 is 0 Å². The Labute approximate surface area is 205 Å². The zero-order chi connectivity index (χ0) is 25.7. The summed E-state index contributed by atoms with van der Waals surface area (Å²) in [4.78, 5) is 42.0. The van der Waals surface area contributed by atoms with Crippen molar-refractivity contribution in [1.82, 2.24) is 4.98 Å². The average Bonchev–Trinajstić information content (AvgIpc) is 2.90. The van der Waals surface area contributed by atoms with Crippen LogP contribution in [0.1, 0.15) is 36.6 Å². The molecule has 1 aromatic heterocycles. The lowest BCUT2D eigenvalue weighted by Crippen LogP contribution is -2.17. The predicted octanol–water partition coefficient (Wildman–Crippen LogP) is 4.67. The quantitative estimate of drug-likeness (QED) is 0.328. The number of phenols is 1. The third kappa shape index (κ3) is 5.05. The number of benzene rings is 3. The standard InChI is InChI=1S/C27H20FN3O5/c1-36-22-11-10-21(32)23(24(22)28)25(33)16-6-8-17(9-7-16)26(34)30-19-4-2-3-5-20(19)31-27(35)18-12-14-29-15-13-18/h2-15,32H,1H3,(H,30,34)(H,31,35). The Hall–Kier alpha value is -5.05. The summed E-state index contributed by atoms with van der Waals surface area (Å²) in [5.41, 5.74) is 0.934. The van der Waals surface area contributed by atoms with Gasteiger partial charge in [0.15, 0.2) is 17.3 Å². The maximum absolute atomic E-state index is 14.6. The molecule has 0 radical (unpaired) electrons. The SMILES string of the molecule is COc1ccc(O)c(C(=O)c2ccc(C(=O)Nc3ccccc3NC(=O)c3ccncc3)cc2)c1F. The number of amides is 2. The number of pyridine rings is 1. The van der Waals surface area contributed by atoms with Crippen molar-refractivity contribution in [3.05, 3.63) is 113 Å². The summed E-state index contributed by atoms with van der Waals surface area (Å²) in [6.45, 7) is 0. The number of hydrogen-bond donors (Lipinski definition) is 3. The molecule has 2 amide bonds. The lowest BCUT2D eigenvalue weighted by Gasteiger charge is -2.13. The molecular weight excluding hydrogens is 465 g/mol. The van der Waals surface area contributed by atoms with Crippen molar-refractivity contribution in [2.75, 3.05) is 17.7 Å². The number of ether oxygens (including phenoxy) is 1. The Kier molecular flexibility index (Phi) is 7.01. The Balaban J connectivity index is 1.51. The summed E-state index contributed by atoms with van der Waals surface area (Å²) in [7, 11) is 1.25. The molecule has 0 aliphatic rings. The van der Waals surface area contributed by atoms with Gasteiger partial charge in [-0.05, 0) is 48.5 Å². The van der Waals surface area contributed by atoms with E-state index in [4.69, 9.17) is 4.74 Å². The van der Waals surface area contributed by atoms with E-state index in [1.807, 2.05) is 0 Å². The summed E-state index contributed by atoms with van der Waals surface area (Å²) in [6.07, 6.45) is 3.00. The van der Waals surface area contributed by atoms with Crippen LogP contribution in [0, 0.1) is 5.82 Å². The van der Waals surface area contributed by atoms with Crippen LogP contribution in [-0.2, 0) is 0 Å². The minimum atomic E-state index is -0.977. The Bertz CT molecular complexity index is 1440. The highest BCUT2D eigenvalue weighted by Gasteiger charge is 2.22. The molecule has 0 aliphatic carbocycles. The van der Waals surface area contributed by atoms with Crippen LogP contribution in [0.15, 0.2) is 85.2 Å². The van der Waals surface area contributed by atoms with Crippen LogP contribution in [0.4, 0.5) is 15.8 Å². The lowest BCUT2D eigenvalue weighted by atomic mass is 10.00. The van der Waals surface area contributed by atoms with E-state index in [-0.39, 0.29) is 22.8 Å². The lowest BCUT2D eigenvalue weighted by molar-refractivity contribution is 0.101. The second-order valence-electron chi connectivity index (χ2n) is 7.57. The first kappa shape index (κ1) is 24.1. The molecule has 1 heterocycles. The number of halogens is 1. The molecule has 3 N–H and O–H groups in total. The van der Waals surface area contributed by atoms with Crippen molar-refractivity contribution < 1.29 is 28.6 Å². The van der Waals surface area contributed by atoms with Gasteiger partial charge in [0, 0.05) is 29.1 Å². The summed E-state index contributed by atoms with van der Waals surface area (Å²) in [6, 6.07) is 17.7. The Morgan fingerprint density at radius 1 is 0.778 bits per heavy atom. The fraction of sp³-hybridized carbons (Fsp3) is 0.0370. The molecular formula is C27H20FN3O5. The number of carbonyl (C=O) groups is 3. The first-order valence-corrected chi connectivity index (χ1v) is 10.7. The van der Waals surface area contributed by atoms with Gasteiger partial charge in [0.2, 0.25) is 0 Å². The molecule has 0 bridgehead atoms. The number of para-hydroxylation sites is 2. The van der Waals surface area contributed by atoms with E-state index in [9.17, 15) is 23.9 Å². The molecule has 3 aromatic carbocycles. The molecule has 0 aliphatic heterocycles. The van der Waals surface area contributed by atoms with Crippen molar-refractivity contribution in [2.24, 2.45) is 0 Å². The highest BCUT2D eigenvalue weighted by Crippen LogP contribution is 2.30. The maximum atomic E-state index is 14.6. The van der Waals surface area contributed by atoms with E-state index in [2.05, 4.69) is 15.6 Å². The molecule has 0 saturated heterocycles. The predicted molar refractivity (Wildman–Crippen MR) is 131 cm³/mol. The van der Waals surface area contributed by atoms with Crippen LogP contribution in [-0.4, -0.2) is 34.8 Å². The summed E-state index contributed by atoms with van der Waals surface area (Å²) in [5.74, 6) is -3.30. The van der Waals surface area contributed by atoms with Gasteiger partial charge in [0.1, 0.15) is 11.3 Å². The monoisotopic (exact) mass is 485 g/mol. The van der Waals surface area contributed by atoms with Crippen molar-refractivity contribution >= 4 is 29.0 Å². The zero-order valence-electron chi connectivity index (χ0n) is 19.0. The molecule has 0 fully saturated rings. The minimum Gasteiger partial charge on any atom is -0.507 e. The fourth-order valence-corrected chi connectivity index (χ4v) is 3.43. The van der Waals surface area contributed by atoms with Gasteiger partial charge < -0.3 is 20.5 Å². The van der Waals surface area contributed by atoms with Gasteiger partial charge in [0.05, 0.1) is 18.5 Å². The second-order valence-corrected chi connectivity index (χ2v) is 7.57. The van der Waals surface area contributed by atoms with Crippen LogP contribution < -0.4 is 15.4 Å². The Morgan fingerprint density at radius 3 is 1.86 bits per heavy atom. The van der Waals surface area contributed by atoms with E-state index in [1.54, 1.807) is 36.4 Å². The molecule has 8 nitrogen and oxygen atoms in total. The van der Waals surface area contributed by atoms with Crippen LogP contribution in [0.3, 0.4) is 0 Å². The number of methoxy groups -OCH3 is 1. The fourth-order valence-electron chi connectivity index (χ4n) is 3.43. The average molecular weight is 485 g/mol. The van der Waals surface area contributed by atoms with E-state index < -0.39 is 28.8 Å². The zero-order valence-corrected chi connectivity index (χ0v) is 19.0. The van der Waals surface area contributed by atoms with Gasteiger partial charge in [-0.3, -0.25) is 19.4 Å². The number of rotatable bonds is 7. The van der Waals surface area contributed by atoms with Crippen molar-refractivity contribution in [1.29, 1.82) is 0 Å². The number of nitrogens with zero attached hydrogens (tertiary/aromatic N) is 1. The number of nitrogens with one attached hydrogen (secondary N) is 2. The van der Waals surface area contributed by atoms with Gasteiger partial charge in [-0.1, -0.05) is 24.3 Å². The normalized spacial score (nSPS) is 10.4. The van der Waals surface area contributed by atoms with E-state index in [1.165, 1.54) is 55.9 Å². The molecule has 0 atom stereocenters. The van der Waals surface area contributed by atoms with Gasteiger partial charge in [-0.25, -0.2) is 4.39 Å². The number of phenolic OH excluding ortho intramolecular Hbond substituents is 1. The molecule has 36 heavy (non-hydrogen) atoms. The molecule has 4 rings (SSSR count). The highest BCUT2D eigenvalue weighted by atomic mass is 19.1. The number of hydrogen-bond acceptors (Lipinski definition) is 6. The molecule has 180 valence electrons.